The van der Waals surface area contributed by atoms with Gasteiger partial charge in [-0.25, -0.2) is 4.79 Å². The highest BCUT2D eigenvalue weighted by Crippen LogP contribution is 2.20. The highest BCUT2D eigenvalue weighted by atomic mass is 35.5. The van der Waals surface area contributed by atoms with E-state index in [9.17, 15) is 14.4 Å². The van der Waals surface area contributed by atoms with Crippen LogP contribution in [0.25, 0.3) is 0 Å². The number of hydrogen-bond acceptors (Lipinski definition) is 4. The Morgan fingerprint density at radius 2 is 1.91 bits per heavy atom. The van der Waals surface area contributed by atoms with E-state index in [1.807, 2.05) is 0 Å². The van der Waals surface area contributed by atoms with Crippen LogP contribution in [0.15, 0.2) is 18.2 Å². The van der Waals surface area contributed by atoms with Crippen LogP contribution < -0.4 is 21.7 Å². The first kappa shape index (κ1) is 17.1. The van der Waals surface area contributed by atoms with Crippen LogP contribution in [-0.2, 0) is 4.79 Å². The lowest BCUT2D eigenvalue weighted by Gasteiger charge is -2.13. The molecule has 0 unspecified atom stereocenters. The molecule has 4 amide bonds. The summed E-state index contributed by atoms with van der Waals surface area (Å²) in [6, 6.07) is 4.21. The molecular weight excluding hydrogens is 320 g/mol. The van der Waals surface area contributed by atoms with E-state index >= 15 is 0 Å². The summed E-state index contributed by atoms with van der Waals surface area (Å²) in [5, 5.41) is 8.05. The first-order valence-electron chi connectivity index (χ1n) is 7.39. The van der Waals surface area contributed by atoms with E-state index in [1.54, 1.807) is 6.07 Å². The fourth-order valence-corrected chi connectivity index (χ4v) is 2.74. The van der Waals surface area contributed by atoms with Gasteiger partial charge in [-0.1, -0.05) is 24.4 Å². The van der Waals surface area contributed by atoms with Crippen molar-refractivity contribution in [2.75, 3.05) is 11.9 Å². The zero-order valence-corrected chi connectivity index (χ0v) is 13.3. The summed E-state index contributed by atoms with van der Waals surface area (Å²) in [7, 11) is 0. The fourth-order valence-electron chi connectivity index (χ4n) is 2.47. The molecule has 2 rings (SSSR count). The molecule has 0 bridgehead atoms. The molecule has 8 heteroatoms. The standard InChI is InChI=1S/C15H19ClN4O3/c16-12-7-10(5-6-11(12)14(17)22)18-8-13(21)20-15(23)19-9-3-1-2-4-9/h5-7,9,18H,1-4,8H2,(H2,17,22)(H2,19,20,21,23). The lowest BCUT2D eigenvalue weighted by atomic mass is 10.2. The Morgan fingerprint density at radius 3 is 2.52 bits per heavy atom. The fraction of sp³-hybridized carbons (Fsp3) is 0.400. The van der Waals surface area contributed by atoms with Crippen molar-refractivity contribution in [2.24, 2.45) is 5.73 Å². The summed E-state index contributed by atoms with van der Waals surface area (Å²) in [6.07, 6.45) is 4.10. The topological polar surface area (TPSA) is 113 Å². The largest absolute Gasteiger partial charge is 0.376 e. The SMILES string of the molecule is NC(=O)c1ccc(NCC(=O)NC(=O)NC2CCCC2)cc1Cl. The van der Waals surface area contributed by atoms with Crippen molar-refractivity contribution >= 4 is 35.1 Å². The molecule has 1 fully saturated rings. The minimum Gasteiger partial charge on any atom is -0.376 e. The van der Waals surface area contributed by atoms with E-state index in [0.717, 1.165) is 25.7 Å². The van der Waals surface area contributed by atoms with E-state index < -0.39 is 17.8 Å². The summed E-state index contributed by atoms with van der Waals surface area (Å²) >= 11 is 5.91. The molecular formula is C15H19ClN4O3. The number of nitrogens with two attached hydrogens (primary N) is 1. The predicted molar refractivity (Wildman–Crippen MR) is 87.4 cm³/mol. The maximum Gasteiger partial charge on any atom is 0.321 e. The molecule has 1 saturated carbocycles. The normalized spacial score (nSPS) is 14.3. The Hall–Kier alpha value is -2.28. The van der Waals surface area contributed by atoms with Crippen LogP contribution in [0.2, 0.25) is 5.02 Å². The minimum absolute atomic E-state index is 0.0929. The van der Waals surface area contributed by atoms with Crippen LogP contribution in [-0.4, -0.2) is 30.4 Å². The third kappa shape index (κ3) is 5.14. The van der Waals surface area contributed by atoms with Gasteiger partial charge in [-0.2, -0.15) is 0 Å². The van der Waals surface area contributed by atoms with Gasteiger partial charge in [0.25, 0.3) is 0 Å². The van der Waals surface area contributed by atoms with Crippen LogP contribution in [0.3, 0.4) is 0 Å². The Morgan fingerprint density at radius 1 is 1.22 bits per heavy atom. The number of halogens is 1. The van der Waals surface area contributed by atoms with Crippen LogP contribution in [0.4, 0.5) is 10.5 Å². The zero-order chi connectivity index (χ0) is 16.8. The third-order valence-electron chi connectivity index (χ3n) is 3.63. The van der Waals surface area contributed by atoms with E-state index in [-0.39, 0.29) is 23.2 Å². The van der Waals surface area contributed by atoms with Gasteiger partial charge in [0, 0.05) is 11.7 Å². The maximum atomic E-state index is 11.7. The number of anilines is 1. The molecule has 0 saturated heterocycles. The van der Waals surface area contributed by atoms with Crippen LogP contribution in [0, 0.1) is 0 Å². The van der Waals surface area contributed by atoms with E-state index in [2.05, 4.69) is 16.0 Å². The molecule has 0 atom stereocenters. The molecule has 23 heavy (non-hydrogen) atoms. The molecule has 0 heterocycles. The summed E-state index contributed by atoms with van der Waals surface area (Å²) in [5.74, 6) is -1.08. The zero-order valence-electron chi connectivity index (χ0n) is 12.5. The Kier molecular flexibility index (Phi) is 5.81. The number of carbonyl (C=O) groups is 3. The lowest BCUT2D eigenvalue weighted by Crippen LogP contribution is -2.45. The van der Waals surface area contributed by atoms with Gasteiger partial charge in [-0.15, -0.1) is 0 Å². The van der Waals surface area contributed by atoms with Crippen molar-refractivity contribution in [2.45, 2.75) is 31.7 Å². The van der Waals surface area contributed by atoms with Crippen molar-refractivity contribution in [1.29, 1.82) is 0 Å². The first-order chi connectivity index (χ1) is 11.0. The minimum atomic E-state index is -0.622. The summed E-state index contributed by atoms with van der Waals surface area (Å²) in [4.78, 5) is 34.4. The van der Waals surface area contributed by atoms with Gasteiger partial charge >= 0.3 is 6.03 Å². The second-order valence-electron chi connectivity index (χ2n) is 5.42. The molecule has 1 aromatic rings. The van der Waals surface area contributed by atoms with Crippen molar-refractivity contribution in [3.8, 4) is 0 Å². The van der Waals surface area contributed by atoms with Crippen molar-refractivity contribution in [3.63, 3.8) is 0 Å². The lowest BCUT2D eigenvalue weighted by molar-refractivity contribution is -0.118. The average molecular weight is 339 g/mol. The molecule has 1 aliphatic rings. The van der Waals surface area contributed by atoms with E-state index in [0.29, 0.717) is 5.69 Å². The van der Waals surface area contributed by atoms with Crippen LogP contribution in [0.1, 0.15) is 36.0 Å². The van der Waals surface area contributed by atoms with Gasteiger partial charge in [-0.05, 0) is 31.0 Å². The van der Waals surface area contributed by atoms with Gasteiger partial charge < -0.3 is 16.4 Å². The molecule has 0 aromatic heterocycles. The number of primary amides is 1. The summed E-state index contributed by atoms with van der Waals surface area (Å²) < 4.78 is 0. The number of imide groups is 1. The second kappa shape index (κ2) is 7.82. The molecule has 7 nitrogen and oxygen atoms in total. The Bertz CT molecular complexity index is 615. The molecule has 1 aromatic carbocycles. The average Bonchev–Trinajstić information content (AvgIpc) is 2.97. The van der Waals surface area contributed by atoms with Crippen LogP contribution in [0.5, 0.6) is 0 Å². The maximum absolute atomic E-state index is 11.7. The molecule has 5 N–H and O–H groups in total. The number of urea groups is 1. The van der Waals surface area contributed by atoms with Gasteiger partial charge in [-0.3, -0.25) is 14.9 Å². The highest BCUT2D eigenvalue weighted by Gasteiger charge is 2.18. The van der Waals surface area contributed by atoms with Crippen LogP contribution >= 0.6 is 11.6 Å². The molecule has 0 aliphatic heterocycles. The number of amides is 4. The van der Waals surface area contributed by atoms with Gasteiger partial charge in [0.2, 0.25) is 11.8 Å². The van der Waals surface area contributed by atoms with Crippen molar-refractivity contribution in [1.82, 2.24) is 10.6 Å². The molecule has 124 valence electrons. The predicted octanol–water partition coefficient (Wildman–Crippen LogP) is 1.62. The smallest absolute Gasteiger partial charge is 0.321 e. The monoisotopic (exact) mass is 338 g/mol. The Labute approximate surface area is 138 Å². The Balaban J connectivity index is 1.78. The van der Waals surface area contributed by atoms with Gasteiger partial charge in [0.15, 0.2) is 0 Å². The molecule has 1 aliphatic carbocycles. The molecule has 0 spiro atoms. The second-order valence-corrected chi connectivity index (χ2v) is 5.82. The number of rotatable bonds is 5. The number of nitrogens with one attached hydrogen (secondary N) is 3. The first-order valence-corrected chi connectivity index (χ1v) is 7.77. The van der Waals surface area contributed by atoms with Gasteiger partial charge in [0.1, 0.15) is 0 Å². The summed E-state index contributed by atoms with van der Waals surface area (Å²) in [6.45, 7) is -0.0929. The summed E-state index contributed by atoms with van der Waals surface area (Å²) in [5.41, 5.74) is 5.91. The van der Waals surface area contributed by atoms with Gasteiger partial charge in [0.05, 0.1) is 17.1 Å². The number of hydrogen-bond donors (Lipinski definition) is 4. The van der Waals surface area contributed by atoms with Crippen molar-refractivity contribution < 1.29 is 14.4 Å². The molecule has 0 radical (unpaired) electrons. The quantitative estimate of drug-likeness (QED) is 0.653. The number of benzene rings is 1. The van der Waals surface area contributed by atoms with E-state index in [1.165, 1.54) is 12.1 Å². The highest BCUT2D eigenvalue weighted by molar-refractivity contribution is 6.34. The number of carbonyl (C=O) groups excluding carboxylic acids is 3. The van der Waals surface area contributed by atoms with Crippen molar-refractivity contribution in [3.05, 3.63) is 28.8 Å². The third-order valence-corrected chi connectivity index (χ3v) is 3.94. The van der Waals surface area contributed by atoms with E-state index in [4.69, 9.17) is 17.3 Å².